The molecule has 2 aromatic rings. The lowest BCUT2D eigenvalue weighted by Gasteiger charge is -2.20. The first-order chi connectivity index (χ1) is 11.8. The van der Waals surface area contributed by atoms with E-state index in [-0.39, 0.29) is 18.1 Å². The topological polar surface area (TPSA) is 123 Å². The molecule has 0 amide bonds. The summed E-state index contributed by atoms with van der Waals surface area (Å²) in [4.78, 5) is 32.5. The van der Waals surface area contributed by atoms with Gasteiger partial charge in [0.25, 0.3) is 5.56 Å². The summed E-state index contributed by atoms with van der Waals surface area (Å²) < 4.78 is 6.59. The van der Waals surface area contributed by atoms with Crippen LogP contribution in [0, 0.1) is 5.92 Å². The summed E-state index contributed by atoms with van der Waals surface area (Å²) in [7, 11) is 1.70. The molecule has 0 spiro atoms. The van der Waals surface area contributed by atoms with Crippen molar-refractivity contribution in [2.75, 3.05) is 17.7 Å². The predicted octanol–water partition coefficient (Wildman–Crippen LogP) is 1.14. The Labute approximate surface area is 145 Å². The standard InChI is InChI=1S/C16H26N6O3/c1-5-6-7-22-14(17)13(15(23)19-16(22)24)21(4)9-11-18-12(25-20-11)8-10(2)3/h10H,5-9,17H2,1-4H3,(H,19,23,24). The normalized spacial score (nSPS) is 11.2. The van der Waals surface area contributed by atoms with Crippen molar-refractivity contribution in [3.05, 3.63) is 32.6 Å². The van der Waals surface area contributed by atoms with E-state index in [1.807, 2.05) is 6.92 Å². The smallest absolute Gasteiger partial charge is 0.330 e. The quantitative estimate of drug-likeness (QED) is 0.731. The van der Waals surface area contributed by atoms with Crippen LogP contribution in [0.1, 0.15) is 45.3 Å². The van der Waals surface area contributed by atoms with Gasteiger partial charge < -0.3 is 15.2 Å². The number of nitrogens with zero attached hydrogens (tertiary/aromatic N) is 4. The Morgan fingerprint density at radius 3 is 2.72 bits per heavy atom. The molecule has 0 fully saturated rings. The van der Waals surface area contributed by atoms with Crippen molar-refractivity contribution >= 4 is 11.5 Å². The molecule has 0 radical (unpaired) electrons. The summed E-state index contributed by atoms with van der Waals surface area (Å²) >= 11 is 0. The molecule has 0 unspecified atom stereocenters. The van der Waals surface area contributed by atoms with Crippen molar-refractivity contribution in [1.82, 2.24) is 19.7 Å². The van der Waals surface area contributed by atoms with Gasteiger partial charge in [-0.3, -0.25) is 14.3 Å². The van der Waals surface area contributed by atoms with Crippen molar-refractivity contribution in [3.63, 3.8) is 0 Å². The molecule has 0 aliphatic heterocycles. The fourth-order valence-corrected chi connectivity index (χ4v) is 2.56. The maximum atomic E-state index is 12.2. The predicted molar refractivity (Wildman–Crippen MR) is 95.6 cm³/mol. The van der Waals surface area contributed by atoms with Gasteiger partial charge in [0.15, 0.2) is 5.82 Å². The van der Waals surface area contributed by atoms with Gasteiger partial charge in [-0.25, -0.2) is 4.79 Å². The lowest BCUT2D eigenvalue weighted by Crippen LogP contribution is -2.37. The second kappa shape index (κ2) is 8.00. The maximum Gasteiger partial charge on any atom is 0.330 e. The zero-order valence-electron chi connectivity index (χ0n) is 15.2. The minimum Gasteiger partial charge on any atom is -0.383 e. The van der Waals surface area contributed by atoms with E-state index in [0.29, 0.717) is 30.6 Å². The van der Waals surface area contributed by atoms with Crippen LogP contribution in [-0.4, -0.2) is 26.7 Å². The maximum absolute atomic E-state index is 12.2. The van der Waals surface area contributed by atoms with Gasteiger partial charge in [0.1, 0.15) is 11.5 Å². The Bertz CT molecular complexity index is 820. The monoisotopic (exact) mass is 350 g/mol. The average Bonchev–Trinajstić information content (AvgIpc) is 2.92. The highest BCUT2D eigenvalue weighted by molar-refractivity contribution is 5.61. The molecule has 0 aromatic carbocycles. The van der Waals surface area contributed by atoms with Gasteiger partial charge in [0.2, 0.25) is 5.89 Å². The number of rotatable bonds is 8. The van der Waals surface area contributed by atoms with Crippen LogP contribution >= 0.6 is 0 Å². The summed E-state index contributed by atoms with van der Waals surface area (Å²) in [5.41, 5.74) is 5.30. The van der Waals surface area contributed by atoms with Crippen LogP contribution in [0.15, 0.2) is 14.1 Å². The van der Waals surface area contributed by atoms with Crippen LogP contribution in [0.4, 0.5) is 11.5 Å². The molecule has 9 heteroatoms. The minimum atomic E-state index is -0.524. The molecule has 0 saturated carbocycles. The first-order valence-corrected chi connectivity index (χ1v) is 8.48. The number of nitrogen functional groups attached to an aromatic ring is 1. The molecule has 0 aliphatic rings. The van der Waals surface area contributed by atoms with Crippen LogP contribution < -0.4 is 21.9 Å². The fraction of sp³-hybridized carbons (Fsp3) is 0.625. The van der Waals surface area contributed by atoms with E-state index in [0.717, 1.165) is 12.8 Å². The van der Waals surface area contributed by atoms with Crippen molar-refractivity contribution < 1.29 is 4.52 Å². The molecule has 3 N–H and O–H groups in total. The second-order valence-electron chi connectivity index (χ2n) is 6.56. The van der Waals surface area contributed by atoms with Crippen LogP contribution in [-0.2, 0) is 19.5 Å². The third kappa shape index (κ3) is 4.49. The summed E-state index contributed by atoms with van der Waals surface area (Å²) in [6, 6.07) is 0. The Hall–Kier alpha value is -2.58. The van der Waals surface area contributed by atoms with E-state index in [2.05, 4.69) is 29.0 Å². The largest absolute Gasteiger partial charge is 0.383 e. The lowest BCUT2D eigenvalue weighted by atomic mass is 10.1. The number of anilines is 2. The van der Waals surface area contributed by atoms with Crippen LogP contribution in [0.2, 0.25) is 0 Å². The zero-order valence-corrected chi connectivity index (χ0v) is 15.2. The number of nitrogens with two attached hydrogens (primary N) is 1. The Morgan fingerprint density at radius 2 is 2.08 bits per heavy atom. The van der Waals surface area contributed by atoms with Gasteiger partial charge in [-0.1, -0.05) is 32.3 Å². The van der Waals surface area contributed by atoms with Crippen molar-refractivity contribution in [1.29, 1.82) is 0 Å². The number of hydrogen-bond donors (Lipinski definition) is 2. The van der Waals surface area contributed by atoms with Crippen molar-refractivity contribution in [2.45, 2.75) is 53.1 Å². The molecule has 0 aliphatic carbocycles. The third-order valence-electron chi connectivity index (χ3n) is 3.80. The molecular formula is C16H26N6O3. The molecule has 2 heterocycles. The highest BCUT2D eigenvalue weighted by Gasteiger charge is 2.18. The molecular weight excluding hydrogens is 324 g/mol. The van der Waals surface area contributed by atoms with Gasteiger partial charge in [-0.05, 0) is 12.3 Å². The van der Waals surface area contributed by atoms with Crippen LogP contribution in [0.5, 0.6) is 0 Å². The first kappa shape index (κ1) is 18.8. The molecule has 0 atom stereocenters. The molecule has 0 saturated heterocycles. The number of nitrogens with one attached hydrogen (secondary N) is 1. The van der Waals surface area contributed by atoms with Crippen molar-refractivity contribution in [3.8, 4) is 0 Å². The third-order valence-corrected chi connectivity index (χ3v) is 3.80. The minimum absolute atomic E-state index is 0.149. The van der Waals surface area contributed by atoms with Gasteiger partial charge in [-0.2, -0.15) is 4.98 Å². The number of hydrogen-bond acceptors (Lipinski definition) is 7. The van der Waals surface area contributed by atoms with Gasteiger partial charge >= 0.3 is 5.69 Å². The highest BCUT2D eigenvalue weighted by Crippen LogP contribution is 2.17. The SMILES string of the molecule is CCCCn1c(N)c(N(C)Cc2noc(CC(C)C)n2)c(=O)[nH]c1=O. The lowest BCUT2D eigenvalue weighted by molar-refractivity contribution is 0.358. The number of unbranched alkanes of at least 4 members (excludes halogenated alkanes) is 1. The molecule has 2 rings (SSSR count). The Kier molecular flexibility index (Phi) is 6.00. The number of aromatic nitrogens is 4. The Morgan fingerprint density at radius 1 is 1.36 bits per heavy atom. The van der Waals surface area contributed by atoms with Gasteiger partial charge in [0, 0.05) is 20.0 Å². The average molecular weight is 350 g/mol. The molecule has 2 aromatic heterocycles. The summed E-state index contributed by atoms with van der Waals surface area (Å²) in [6.45, 7) is 6.86. The Balaban J connectivity index is 2.26. The highest BCUT2D eigenvalue weighted by atomic mass is 16.5. The van der Waals surface area contributed by atoms with Crippen LogP contribution in [0.25, 0.3) is 0 Å². The van der Waals surface area contributed by atoms with Gasteiger partial charge in [-0.15, -0.1) is 0 Å². The van der Waals surface area contributed by atoms with E-state index < -0.39 is 11.2 Å². The second-order valence-corrected chi connectivity index (χ2v) is 6.56. The summed E-state index contributed by atoms with van der Waals surface area (Å²) in [6.07, 6.45) is 2.40. The summed E-state index contributed by atoms with van der Waals surface area (Å²) in [5, 5.41) is 3.93. The fourth-order valence-electron chi connectivity index (χ4n) is 2.56. The van der Waals surface area contributed by atoms with Crippen molar-refractivity contribution in [2.24, 2.45) is 5.92 Å². The zero-order chi connectivity index (χ0) is 18.6. The number of H-pyrrole nitrogens is 1. The molecule has 9 nitrogen and oxygen atoms in total. The van der Waals surface area contributed by atoms with E-state index >= 15 is 0 Å². The molecule has 138 valence electrons. The van der Waals surface area contributed by atoms with Gasteiger partial charge in [0.05, 0.1) is 6.54 Å². The van der Waals surface area contributed by atoms with E-state index in [9.17, 15) is 9.59 Å². The van der Waals surface area contributed by atoms with E-state index in [1.165, 1.54) is 4.57 Å². The molecule has 25 heavy (non-hydrogen) atoms. The van der Waals surface area contributed by atoms with E-state index in [1.54, 1.807) is 11.9 Å². The van der Waals surface area contributed by atoms with Crippen LogP contribution in [0.3, 0.4) is 0 Å². The van der Waals surface area contributed by atoms with E-state index in [4.69, 9.17) is 10.3 Å². The summed E-state index contributed by atoms with van der Waals surface area (Å²) in [5.74, 6) is 1.58. The first-order valence-electron chi connectivity index (χ1n) is 8.48. The number of aromatic amines is 1. The molecule has 0 bridgehead atoms.